The number of aliphatic carboxylic acids is 1. The van der Waals surface area contributed by atoms with Gasteiger partial charge < -0.3 is 5.11 Å². The Morgan fingerprint density at radius 1 is 1.11 bits per heavy atom. The summed E-state index contributed by atoms with van der Waals surface area (Å²) in [6.45, 7) is 4.40. The van der Waals surface area contributed by atoms with Crippen molar-refractivity contribution in [3.05, 3.63) is 34.4 Å². The number of carboxylic acid groups (broad SMARTS) is 1. The maximum atomic E-state index is 13.1. The fourth-order valence-electron chi connectivity index (χ4n) is 7.02. The van der Waals surface area contributed by atoms with E-state index in [0.717, 1.165) is 48.8 Å². The average molecular weight is 366 g/mol. The number of hydrogen-bond acceptors (Lipinski definition) is 3. The number of ketones is 2. The Balaban J connectivity index is 1.75. The highest BCUT2D eigenvalue weighted by molar-refractivity contribution is 5.96. The lowest BCUT2D eigenvalue weighted by atomic mass is 9.50. The average Bonchev–Trinajstić information content (AvgIpc) is 3.06. The molecule has 0 aromatic carbocycles. The number of carbonyl (C=O) groups excluding carboxylic acids is 2. The van der Waals surface area contributed by atoms with E-state index < -0.39 is 17.3 Å². The van der Waals surface area contributed by atoms with E-state index in [0.29, 0.717) is 25.0 Å². The van der Waals surface area contributed by atoms with Crippen molar-refractivity contribution >= 4 is 17.5 Å². The Kier molecular flexibility index (Phi) is 3.23. The molecule has 1 fully saturated rings. The first kappa shape index (κ1) is 17.2. The van der Waals surface area contributed by atoms with Crippen molar-refractivity contribution in [3.63, 3.8) is 0 Å². The second kappa shape index (κ2) is 5.09. The largest absolute Gasteiger partial charge is 0.481 e. The van der Waals surface area contributed by atoms with Gasteiger partial charge in [0.2, 0.25) is 0 Å². The summed E-state index contributed by atoms with van der Waals surface area (Å²) in [6.07, 6.45) is 9.55. The molecule has 27 heavy (non-hydrogen) atoms. The molecular weight excluding hydrogens is 340 g/mol. The van der Waals surface area contributed by atoms with Crippen molar-refractivity contribution in [2.75, 3.05) is 0 Å². The standard InChI is InChI=1S/C23H26O4/c1-21-7-4-17-19-15(20(26)27)12-13-11-14(24)3-9-22(13,2)16(19)5-10-23(17,21)18(25)6-8-21/h4,11,15H,3,5-10,12H2,1-2H3,(H,26,27)/t15-,21+,22+,23?/m0/s1. The quantitative estimate of drug-likeness (QED) is 0.756. The first-order chi connectivity index (χ1) is 12.7. The first-order valence-electron chi connectivity index (χ1n) is 10.2. The minimum absolute atomic E-state index is 0.0550. The third kappa shape index (κ3) is 1.87. The molecule has 1 saturated carbocycles. The van der Waals surface area contributed by atoms with Crippen molar-refractivity contribution in [1.82, 2.24) is 0 Å². The number of fused-ring (bicyclic) bond motifs is 3. The van der Waals surface area contributed by atoms with Crippen LogP contribution in [0.4, 0.5) is 0 Å². The molecule has 0 bridgehead atoms. The lowest BCUT2D eigenvalue weighted by Crippen LogP contribution is -2.46. The van der Waals surface area contributed by atoms with Gasteiger partial charge in [0.1, 0.15) is 5.78 Å². The number of allylic oxidation sites excluding steroid dienone is 5. The molecule has 1 N–H and O–H groups in total. The molecule has 142 valence electrons. The van der Waals surface area contributed by atoms with Crippen LogP contribution in [0.5, 0.6) is 0 Å². The van der Waals surface area contributed by atoms with Crippen LogP contribution in [0.15, 0.2) is 34.4 Å². The van der Waals surface area contributed by atoms with Crippen LogP contribution in [0.3, 0.4) is 0 Å². The van der Waals surface area contributed by atoms with Gasteiger partial charge in [-0.15, -0.1) is 0 Å². The highest BCUT2D eigenvalue weighted by atomic mass is 16.4. The van der Waals surface area contributed by atoms with Gasteiger partial charge in [-0.25, -0.2) is 0 Å². The third-order valence-corrected chi connectivity index (χ3v) is 8.64. The third-order valence-electron chi connectivity index (χ3n) is 8.64. The molecule has 0 aromatic heterocycles. The molecule has 5 rings (SSSR count). The van der Waals surface area contributed by atoms with E-state index >= 15 is 0 Å². The second-order valence-corrected chi connectivity index (χ2v) is 9.67. The fourth-order valence-corrected chi connectivity index (χ4v) is 7.02. The van der Waals surface area contributed by atoms with Crippen molar-refractivity contribution in [2.45, 2.75) is 65.2 Å². The van der Waals surface area contributed by atoms with Gasteiger partial charge in [0.15, 0.2) is 5.78 Å². The molecule has 0 radical (unpaired) electrons. The second-order valence-electron chi connectivity index (χ2n) is 9.67. The van der Waals surface area contributed by atoms with Crippen molar-refractivity contribution < 1.29 is 19.5 Å². The van der Waals surface area contributed by atoms with Gasteiger partial charge in [-0.2, -0.15) is 0 Å². The molecule has 0 amide bonds. The van der Waals surface area contributed by atoms with Crippen LogP contribution in [0.25, 0.3) is 0 Å². The maximum Gasteiger partial charge on any atom is 0.311 e. The number of rotatable bonds is 1. The summed E-state index contributed by atoms with van der Waals surface area (Å²) in [5.74, 6) is -1.04. The van der Waals surface area contributed by atoms with E-state index in [2.05, 4.69) is 19.9 Å². The molecule has 4 atom stereocenters. The molecule has 1 unspecified atom stereocenters. The summed E-state index contributed by atoms with van der Waals surface area (Å²) in [4.78, 5) is 37.4. The van der Waals surface area contributed by atoms with Crippen LogP contribution >= 0.6 is 0 Å². The van der Waals surface area contributed by atoms with Crippen molar-refractivity contribution in [1.29, 1.82) is 0 Å². The molecule has 4 heteroatoms. The molecule has 5 aliphatic carbocycles. The van der Waals surface area contributed by atoms with Crippen LogP contribution in [0.1, 0.15) is 65.2 Å². The number of hydrogen-bond donors (Lipinski definition) is 1. The van der Waals surface area contributed by atoms with E-state index in [1.165, 1.54) is 5.57 Å². The van der Waals surface area contributed by atoms with Crippen LogP contribution in [-0.4, -0.2) is 22.6 Å². The van der Waals surface area contributed by atoms with Crippen molar-refractivity contribution in [2.24, 2.45) is 22.2 Å². The molecule has 4 nitrogen and oxygen atoms in total. The van der Waals surface area contributed by atoms with Gasteiger partial charge in [0.25, 0.3) is 0 Å². The molecular formula is C23H26O4. The summed E-state index contributed by atoms with van der Waals surface area (Å²) in [7, 11) is 0. The SMILES string of the molecule is C[C@@]12CCC(=O)C=C1C[C@H](C(=O)O)C1=C2CCC23C(=O)CC[C@@]2(C)CC=C13. The molecule has 1 spiro atoms. The summed E-state index contributed by atoms with van der Waals surface area (Å²) in [6, 6.07) is 0. The van der Waals surface area contributed by atoms with Crippen LogP contribution in [0.2, 0.25) is 0 Å². The number of carbonyl (C=O) groups is 3. The Hall–Kier alpha value is -1.97. The number of carboxylic acids is 1. The minimum Gasteiger partial charge on any atom is -0.481 e. The highest BCUT2D eigenvalue weighted by Crippen LogP contribution is 2.70. The molecule has 0 heterocycles. The van der Waals surface area contributed by atoms with Crippen LogP contribution in [0, 0.1) is 22.2 Å². The summed E-state index contributed by atoms with van der Waals surface area (Å²) < 4.78 is 0. The Bertz CT molecular complexity index is 903. The topological polar surface area (TPSA) is 71.4 Å². The monoisotopic (exact) mass is 366 g/mol. The zero-order valence-electron chi connectivity index (χ0n) is 16.1. The van der Waals surface area contributed by atoms with Crippen LogP contribution < -0.4 is 0 Å². The predicted octanol–water partition coefficient (Wildman–Crippen LogP) is 4.16. The van der Waals surface area contributed by atoms with E-state index in [1.54, 1.807) is 6.08 Å². The number of Topliss-reactive ketones (excluding diaryl/α,β-unsaturated/α-hetero) is 1. The van der Waals surface area contributed by atoms with Gasteiger partial charge >= 0.3 is 5.97 Å². The maximum absolute atomic E-state index is 13.1. The lowest BCUT2D eigenvalue weighted by molar-refractivity contribution is -0.141. The van der Waals surface area contributed by atoms with E-state index in [1.807, 2.05) is 0 Å². The van der Waals surface area contributed by atoms with Gasteiger partial charge in [0, 0.05) is 18.3 Å². The van der Waals surface area contributed by atoms with Crippen molar-refractivity contribution in [3.8, 4) is 0 Å². The van der Waals surface area contributed by atoms with E-state index in [9.17, 15) is 19.5 Å². The normalized spacial score (nSPS) is 42.8. The molecule has 5 aliphatic rings. The minimum atomic E-state index is -0.833. The van der Waals surface area contributed by atoms with E-state index in [4.69, 9.17) is 0 Å². The fraction of sp³-hybridized carbons (Fsp3) is 0.609. The smallest absolute Gasteiger partial charge is 0.311 e. The zero-order valence-corrected chi connectivity index (χ0v) is 16.1. The van der Waals surface area contributed by atoms with E-state index in [-0.39, 0.29) is 16.6 Å². The van der Waals surface area contributed by atoms with Gasteiger partial charge in [-0.3, -0.25) is 14.4 Å². The molecule has 0 saturated heterocycles. The molecule has 0 aromatic rings. The Labute approximate surface area is 159 Å². The van der Waals surface area contributed by atoms with Gasteiger partial charge in [-0.05, 0) is 61.2 Å². The summed E-state index contributed by atoms with van der Waals surface area (Å²) in [5.41, 5.74) is 3.42. The highest BCUT2D eigenvalue weighted by Gasteiger charge is 2.65. The summed E-state index contributed by atoms with van der Waals surface area (Å²) >= 11 is 0. The first-order valence-corrected chi connectivity index (χ1v) is 10.2. The van der Waals surface area contributed by atoms with Gasteiger partial charge in [-0.1, -0.05) is 31.1 Å². The Morgan fingerprint density at radius 2 is 1.89 bits per heavy atom. The van der Waals surface area contributed by atoms with Gasteiger partial charge in [0.05, 0.1) is 11.3 Å². The molecule has 0 aliphatic heterocycles. The summed E-state index contributed by atoms with van der Waals surface area (Å²) in [5, 5.41) is 10.0. The van der Waals surface area contributed by atoms with Crippen LogP contribution in [-0.2, 0) is 14.4 Å². The lowest BCUT2D eigenvalue weighted by Gasteiger charge is -2.52. The predicted molar refractivity (Wildman–Crippen MR) is 99.9 cm³/mol. The zero-order chi connectivity index (χ0) is 19.2. The Morgan fingerprint density at radius 3 is 2.63 bits per heavy atom.